The molecule has 1 rings (SSSR count). The smallest absolute Gasteiger partial charge is 0.101 e. The largest absolute Gasteiger partial charge is 0.383 e. The number of rotatable bonds is 5. The summed E-state index contributed by atoms with van der Waals surface area (Å²) in [4.78, 5) is 0. The first-order valence-electron chi connectivity index (χ1n) is 4.79. The molecule has 2 nitrogen and oxygen atoms in total. The molecule has 0 aliphatic carbocycles. The van der Waals surface area contributed by atoms with Gasteiger partial charge in [0.2, 0.25) is 0 Å². The predicted octanol–water partition coefficient (Wildman–Crippen LogP) is 3.49. The Kier molecular flexibility index (Phi) is 5.59. The zero-order valence-electron chi connectivity index (χ0n) is 8.59. The van der Waals surface area contributed by atoms with E-state index in [0.717, 1.165) is 28.2 Å². The van der Waals surface area contributed by atoms with E-state index in [9.17, 15) is 0 Å². The van der Waals surface area contributed by atoms with Crippen LogP contribution in [0.15, 0.2) is 22.7 Å². The molecule has 0 atom stereocenters. The number of nitriles is 1. The molecule has 0 heterocycles. The standard InChI is InChI=1S/C11H13BrN2S/c1-2-15-6-5-14-11-4-3-10(12)7-9(11)8-13/h3-4,7,14H,2,5-6H2,1H3. The summed E-state index contributed by atoms with van der Waals surface area (Å²) < 4.78 is 0.938. The molecule has 0 aliphatic heterocycles. The Bertz CT molecular complexity index is 360. The van der Waals surface area contributed by atoms with E-state index < -0.39 is 0 Å². The summed E-state index contributed by atoms with van der Waals surface area (Å²) in [6, 6.07) is 7.88. The number of anilines is 1. The molecular weight excluding hydrogens is 272 g/mol. The molecule has 15 heavy (non-hydrogen) atoms. The van der Waals surface area contributed by atoms with E-state index in [1.54, 1.807) is 0 Å². The molecule has 1 aromatic carbocycles. The van der Waals surface area contributed by atoms with Gasteiger partial charge in [-0.25, -0.2) is 0 Å². The molecule has 0 radical (unpaired) electrons. The average molecular weight is 285 g/mol. The molecule has 0 fully saturated rings. The molecule has 0 saturated heterocycles. The van der Waals surface area contributed by atoms with E-state index in [0.29, 0.717) is 5.56 Å². The number of benzene rings is 1. The third-order valence-electron chi connectivity index (χ3n) is 1.87. The van der Waals surface area contributed by atoms with Gasteiger partial charge in [-0.15, -0.1) is 0 Å². The van der Waals surface area contributed by atoms with Crippen molar-refractivity contribution in [2.75, 3.05) is 23.4 Å². The van der Waals surface area contributed by atoms with Crippen LogP contribution in [0.1, 0.15) is 12.5 Å². The van der Waals surface area contributed by atoms with Crippen molar-refractivity contribution in [3.05, 3.63) is 28.2 Å². The fourth-order valence-electron chi connectivity index (χ4n) is 1.17. The Morgan fingerprint density at radius 2 is 2.33 bits per heavy atom. The van der Waals surface area contributed by atoms with Crippen molar-refractivity contribution in [1.82, 2.24) is 0 Å². The number of nitrogens with one attached hydrogen (secondary N) is 1. The first kappa shape index (κ1) is 12.4. The minimum Gasteiger partial charge on any atom is -0.383 e. The van der Waals surface area contributed by atoms with E-state index in [-0.39, 0.29) is 0 Å². The Balaban J connectivity index is 2.57. The lowest BCUT2D eigenvalue weighted by molar-refractivity contribution is 1.22. The van der Waals surface area contributed by atoms with Crippen molar-refractivity contribution in [2.24, 2.45) is 0 Å². The van der Waals surface area contributed by atoms with Gasteiger partial charge in [-0.2, -0.15) is 17.0 Å². The zero-order valence-corrected chi connectivity index (χ0v) is 11.0. The Morgan fingerprint density at radius 1 is 1.53 bits per heavy atom. The number of hydrogen-bond donors (Lipinski definition) is 1. The van der Waals surface area contributed by atoms with Crippen molar-refractivity contribution >= 4 is 33.4 Å². The maximum Gasteiger partial charge on any atom is 0.101 e. The molecule has 0 spiro atoms. The first-order valence-corrected chi connectivity index (χ1v) is 6.74. The summed E-state index contributed by atoms with van der Waals surface area (Å²) in [5.74, 6) is 2.20. The van der Waals surface area contributed by atoms with Crippen molar-refractivity contribution in [3.63, 3.8) is 0 Å². The quantitative estimate of drug-likeness (QED) is 0.841. The molecule has 4 heteroatoms. The van der Waals surface area contributed by atoms with Crippen molar-refractivity contribution in [2.45, 2.75) is 6.92 Å². The lowest BCUT2D eigenvalue weighted by atomic mass is 10.2. The van der Waals surface area contributed by atoms with E-state index in [2.05, 4.69) is 34.2 Å². The van der Waals surface area contributed by atoms with Crippen molar-refractivity contribution < 1.29 is 0 Å². The molecular formula is C11H13BrN2S. The lowest BCUT2D eigenvalue weighted by Gasteiger charge is -2.07. The minimum absolute atomic E-state index is 0.686. The fraction of sp³-hybridized carbons (Fsp3) is 0.364. The van der Waals surface area contributed by atoms with Gasteiger partial charge < -0.3 is 5.32 Å². The second kappa shape index (κ2) is 6.76. The lowest BCUT2D eigenvalue weighted by Crippen LogP contribution is -2.05. The van der Waals surface area contributed by atoms with Gasteiger partial charge in [0, 0.05) is 16.8 Å². The zero-order chi connectivity index (χ0) is 11.1. The molecule has 0 saturated carbocycles. The summed E-state index contributed by atoms with van der Waals surface area (Å²) in [5.41, 5.74) is 1.60. The van der Waals surface area contributed by atoms with E-state index in [1.807, 2.05) is 30.0 Å². The topological polar surface area (TPSA) is 35.8 Å². The number of nitrogens with zero attached hydrogens (tertiary/aromatic N) is 1. The molecule has 0 aliphatic rings. The summed E-state index contributed by atoms with van der Waals surface area (Å²) in [6.07, 6.45) is 0. The number of thioether (sulfide) groups is 1. The van der Waals surface area contributed by atoms with E-state index in [1.165, 1.54) is 0 Å². The normalized spacial score (nSPS) is 9.67. The third kappa shape index (κ3) is 4.15. The molecule has 0 unspecified atom stereocenters. The summed E-state index contributed by atoms with van der Waals surface area (Å²) in [6.45, 7) is 3.04. The summed E-state index contributed by atoms with van der Waals surface area (Å²) >= 11 is 5.24. The van der Waals surface area contributed by atoms with Gasteiger partial charge in [0.1, 0.15) is 6.07 Å². The third-order valence-corrected chi connectivity index (χ3v) is 3.26. The van der Waals surface area contributed by atoms with Gasteiger partial charge in [-0.3, -0.25) is 0 Å². The van der Waals surface area contributed by atoms with Crippen LogP contribution in [0.3, 0.4) is 0 Å². The number of halogens is 1. The van der Waals surface area contributed by atoms with Gasteiger partial charge in [0.15, 0.2) is 0 Å². The van der Waals surface area contributed by atoms with Gasteiger partial charge in [-0.05, 0) is 24.0 Å². The van der Waals surface area contributed by atoms with Crippen LogP contribution < -0.4 is 5.32 Å². The Morgan fingerprint density at radius 3 is 3.00 bits per heavy atom. The monoisotopic (exact) mass is 284 g/mol. The highest BCUT2D eigenvalue weighted by atomic mass is 79.9. The van der Waals surface area contributed by atoms with Crippen molar-refractivity contribution in [1.29, 1.82) is 5.26 Å². The summed E-state index contributed by atoms with van der Waals surface area (Å²) in [5, 5.41) is 12.2. The van der Waals surface area contributed by atoms with Crippen LogP contribution in [0.2, 0.25) is 0 Å². The predicted molar refractivity (Wildman–Crippen MR) is 70.3 cm³/mol. The number of hydrogen-bond acceptors (Lipinski definition) is 3. The first-order chi connectivity index (χ1) is 7.27. The highest BCUT2D eigenvalue weighted by Gasteiger charge is 2.01. The fourth-order valence-corrected chi connectivity index (χ4v) is 2.06. The van der Waals surface area contributed by atoms with E-state index in [4.69, 9.17) is 5.26 Å². The van der Waals surface area contributed by atoms with Crippen LogP contribution in [0.5, 0.6) is 0 Å². The van der Waals surface area contributed by atoms with Gasteiger partial charge in [-0.1, -0.05) is 22.9 Å². The summed E-state index contributed by atoms with van der Waals surface area (Å²) in [7, 11) is 0. The molecule has 0 amide bonds. The molecule has 0 aromatic heterocycles. The molecule has 80 valence electrons. The van der Waals surface area contributed by atoms with Gasteiger partial charge in [0.25, 0.3) is 0 Å². The average Bonchev–Trinajstić information content (AvgIpc) is 2.26. The van der Waals surface area contributed by atoms with E-state index >= 15 is 0 Å². The van der Waals surface area contributed by atoms with Crippen LogP contribution in [0.4, 0.5) is 5.69 Å². The second-order valence-corrected chi connectivity index (χ2v) is 5.23. The maximum atomic E-state index is 8.93. The highest BCUT2D eigenvalue weighted by Crippen LogP contribution is 2.20. The van der Waals surface area contributed by atoms with Gasteiger partial charge >= 0.3 is 0 Å². The Labute approximate surface area is 103 Å². The van der Waals surface area contributed by atoms with Crippen LogP contribution in [-0.2, 0) is 0 Å². The second-order valence-electron chi connectivity index (χ2n) is 2.93. The maximum absolute atomic E-state index is 8.93. The minimum atomic E-state index is 0.686. The van der Waals surface area contributed by atoms with Crippen molar-refractivity contribution in [3.8, 4) is 6.07 Å². The van der Waals surface area contributed by atoms with Crippen LogP contribution in [-0.4, -0.2) is 18.1 Å². The van der Waals surface area contributed by atoms with Crippen LogP contribution in [0, 0.1) is 11.3 Å². The molecule has 1 aromatic rings. The van der Waals surface area contributed by atoms with Crippen LogP contribution >= 0.6 is 27.7 Å². The SMILES string of the molecule is CCSCCNc1ccc(Br)cc1C#N. The highest BCUT2D eigenvalue weighted by molar-refractivity contribution is 9.10. The van der Waals surface area contributed by atoms with Gasteiger partial charge in [0.05, 0.1) is 11.3 Å². The molecule has 0 bridgehead atoms. The van der Waals surface area contributed by atoms with Crippen LogP contribution in [0.25, 0.3) is 0 Å². The molecule has 1 N–H and O–H groups in total. The Hall–Kier alpha value is -0.660.